The van der Waals surface area contributed by atoms with E-state index < -0.39 is 0 Å². The van der Waals surface area contributed by atoms with Gasteiger partial charge in [0.15, 0.2) is 5.16 Å². The zero-order valence-corrected chi connectivity index (χ0v) is 20.0. The Labute approximate surface area is 195 Å². The van der Waals surface area contributed by atoms with E-state index in [1.807, 2.05) is 4.57 Å². The quantitative estimate of drug-likeness (QED) is 0.325. The fourth-order valence-corrected chi connectivity index (χ4v) is 6.76. The van der Waals surface area contributed by atoms with Gasteiger partial charge in [0.25, 0.3) is 5.56 Å². The van der Waals surface area contributed by atoms with Gasteiger partial charge in [0.05, 0.1) is 11.3 Å². The van der Waals surface area contributed by atoms with Crippen LogP contribution in [-0.4, -0.2) is 9.55 Å². The van der Waals surface area contributed by atoms with E-state index in [0.29, 0.717) is 0 Å². The number of hydrogen-bond donors (Lipinski definition) is 0. The summed E-state index contributed by atoms with van der Waals surface area (Å²) in [5.41, 5.74) is 7.24. The number of aryl methyl sites for hydroxylation is 1. The van der Waals surface area contributed by atoms with Crippen molar-refractivity contribution in [2.24, 2.45) is 0 Å². The summed E-state index contributed by atoms with van der Waals surface area (Å²) in [6.07, 6.45) is 7.81. The summed E-state index contributed by atoms with van der Waals surface area (Å²) < 4.78 is 1.98. The van der Waals surface area contributed by atoms with Crippen LogP contribution in [0.4, 0.5) is 0 Å². The molecule has 0 atom stereocenters. The molecule has 0 saturated heterocycles. The zero-order chi connectivity index (χ0) is 22.1. The Kier molecular flexibility index (Phi) is 5.98. The van der Waals surface area contributed by atoms with Gasteiger partial charge in [-0.15, -0.1) is 0 Å². The molecule has 1 saturated carbocycles. The molecular weight excluding hydrogens is 412 g/mol. The summed E-state index contributed by atoms with van der Waals surface area (Å²) in [4.78, 5) is 19.3. The van der Waals surface area contributed by atoms with Crippen LogP contribution < -0.4 is 5.56 Å². The monoisotopic (exact) mass is 444 g/mol. The molecule has 0 amide bonds. The van der Waals surface area contributed by atoms with Crippen molar-refractivity contribution < 1.29 is 0 Å². The lowest BCUT2D eigenvalue weighted by Gasteiger charge is -2.42. The molecule has 0 N–H and O–H groups in total. The minimum Gasteiger partial charge on any atom is -0.287 e. The molecule has 1 heterocycles. The van der Waals surface area contributed by atoms with Crippen molar-refractivity contribution in [2.75, 3.05) is 0 Å². The first-order valence-corrected chi connectivity index (χ1v) is 13.0. The molecule has 0 aliphatic heterocycles. The van der Waals surface area contributed by atoms with Crippen LogP contribution in [0.5, 0.6) is 0 Å². The van der Waals surface area contributed by atoms with Gasteiger partial charge in [-0.05, 0) is 49.3 Å². The van der Waals surface area contributed by atoms with Crippen LogP contribution in [0.1, 0.15) is 67.7 Å². The molecule has 3 nitrogen and oxygen atoms in total. The second-order valence-electron chi connectivity index (χ2n) is 9.46. The SMILES string of the molecule is CCCn1c(SCc2ccccc2C)nc2c(c1=O)C1(CCCCC1)Cc1ccccc1-2. The third kappa shape index (κ3) is 3.73. The summed E-state index contributed by atoms with van der Waals surface area (Å²) in [6, 6.07) is 17.1. The van der Waals surface area contributed by atoms with Crippen molar-refractivity contribution in [2.45, 2.75) is 81.7 Å². The van der Waals surface area contributed by atoms with Crippen molar-refractivity contribution in [3.8, 4) is 11.3 Å². The molecule has 4 heteroatoms. The van der Waals surface area contributed by atoms with Crippen LogP contribution in [0, 0.1) is 6.92 Å². The number of thioether (sulfide) groups is 1. The number of aromatic nitrogens is 2. The van der Waals surface area contributed by atoms with Crippen LogP contribution >= 0.6 is 11.8 Å². The van der Waals surface area contributed by atoms with E-state index in [9.17, 15) is 4.79 Å². The molecule has 1 aromatic heterocycles. The second-order valence-corrected chi connectivity index (χ2v) is 10.4. The molecule has 2 aliphatic rings. The number of rotatable bonds is 5. The van der Waals surface area contributed by atoms with E-state index in [1.54, 1.807) is 11.8 Å². The zero-order valence-electron chi connectivity index (χ0n) is 19.2. The number of fused-ring (bicyclic) bond motifs is 4. The Bertz CT molecular complexity index is 1190. The van der Waals surface area contributed by atoms with Gasteiger partial charge in [-0.2, -0.15) is 0 Å². The molecule has 32 heavy (non-hydrogen) atoms. The number of benzene rings is 2. The molecule has 3 aromatic rings. The van der Waals surface area contributed by atoms with E-state index in [0.717, 1.165) is 60.0 Å². The van der Waals surface area contributed by atoms with Crippen LogP contribution in [0.3, 0.4) is 0 Å². The standard InChI is InChI=1S/C28H32N2OS/c1-3-17-30-26(31)24-25(29-27(30)32-19-22-13-6-5-11-20(22)2)23-14-8-7-12-21(23)18-28(24)15-9-4-10-16-28/h5-8,11-14H,3-4,9-10,15-19H2,1-2H3. The first-order chi connectivity index (χ1) is 15.6. The summed E-state index contributed by atoms with van der Waals surface area (Å²) in [5.74, 6) is 0.828. The molecule has 0 radical (unpaired) electrons. The third-order valence-corrected chi connectivity index (χ3v) is 8.37. The highest BCUT2D eigenvalue weighted by Gasteiger charge is 2.43. The van der Waals surface area contributed by atoms with Crippen molar-refractivity contribution in [1.82, 2.24) is 9.55 Å². The van der Waals surface area contributed by atoms with Crippen molar-refractivity contribution >= 4 is 11.8 Å². The van der Waals surface area contributed by atoms with E-state index in [2.05, 4.69) is 62.4 Å². The Morgan fingerprint density at radius 3 is 2.56 bits per heavy atom. The molecule has 2 aliphatic carbocycles. The van der Waals surface area contributed by atoms with Crippen molar-refractivity contribution in [1.29, 1.82) is 0 Å². The van der Waals surface area contributed by atoms with Gasteiger partial charge >= 0.3 is 0 Å². The molecule has 1 fully saturated rings. The van der Waals surface area contributed by atoms with Crippen LogP contribution in [-0.2, 0) is 24.1 Å². The molecule has 0 unspecified atom stereocenters. The summed E-state index contributed by atoms with van der Waals surface area (Å²) in [5, 5.41) is 0.863. The first-order valence-electron chi connectivity index (χ1n) is 12.0. The summed E-state index contributed by atoms with van der Waals surface area (Å²) in [6.45, 7) is 5.03. The molecular formula is C28H32N2OS. The van der Waals surface area contributed by atoms with Gasteiger partial charge in [-0.3, -0.25) is 9.36 Å². The fourth-order valence-electron chi connectivity index (χ4n) is 5.67. The van der Waals surface area contributed by atoms with Crippen LogP contribution in [0.15, 0.2) is 58.5 Å². The normalized spacial score (nSPS) is 16.6. The Hall–Kier alpha value is -2.33. The average molecular weight is 445 g/mol. The third-order valence-electron chi connectivity index (χ3n) is 7.34. The predicted molar refractivity (Wildman–Crippen MR) is 133 cm³/mol. The predicted octanol–water partition coefficient (Wildman–Crippen LogP) is 6.68. The maximum Gasteiger partial charge on any atom is 0.258 e. The lowest BCUT2D eigenvalue weighted by atomic mass is 9.62. The van der Waals surface area contributed by atoms with Crippen LogP contribution in [0.2, 0.25) is 0 Å². The largest absolute Gasteiger partial charge is 0.287 e. The minimum absolute atomic E-state index is 0.0409. The Morgan fingerprint density at radius 2 is 1.78 bits per heavy atom. The van der Waals surface area contributed by atoms with Crippen LogP contribution in [0.25, 0.3) is 11.3 Å². The highest BCUT2D eigenvalue weighted by atomic mass is 32.2. The van der Waals surface area contributed by atoms with Crippen molar-refractivity contribution in [3.05, 3.63) is 81.1 Å². The smallest absolute Gasteiger partial charge is 0.258 e. The van der Waals surface area contributed by atoms with E-state index >= 15 is 0 Å². The van der Waals surface area contributed by atoms with E-state index in [-0.39, 0.29) is 11.0 Å². The van der Waals surface area contributed by atoms with Crippen molar-refractivity contribution in [3.63, 3.8) is 0 Å². The Balaban J connectivity index is 1.66. The molecule has 0 bridgehead atoms. The second kappa shape index (κ2) is 8.90. The highest BCUT2D eigenvalue weighted by molar-refractivity contribution is 7.98. The molecule has 2 aromatic carbocycles. The molecule has 5 rings (SSSR count). The summed E-state index contributed by atoms with van der Waals surface area (Å²) in [7, 11) is 0. The maximum atomic E-state index is 14.1. The number of hydrogen-bond acceptors (Lipinski definition) is 3. The van der Waals surface area contributed by atoms with Gasteiger partial charge in [-0.1, -0.05) is 86.5 Å². The molecule has 1 spiro atoms. The van der Waals surface area contributed by atoms with Gasteiger partial charge < -0.3 is 0 Å². The van der Waals surface area contributed by atoms with Gasteiger partial charge in [0, 0.05) is 23.3 Å². The van der Waals surface area contributed by atoms with E-state index in [4.69, 9.17) is 4.98 Å². The molecule has 166 valence electrons. The average Bonchev–Trinajstić information content (AvgIpc) is 2.81. The lowest BCUT2D eigenvalue weighted by molar-refractivity contribution is 0.282. The minimum atomic E-state index is -0.0409. The number of nitrogens with zero attached hydrogens (tertiary/aromatic N) is 2. The van der Waals surface area contributed by atoms with Gasteiger partial charge in [0.2, 0.25) is 0 Å². The topological polar surface area (TPSA) is 34.9 Å². The van der Waals surface area contributed by atoms with E-state index in [1.165, 1.54) is 36.0 Å². The summed E-state index contributed by atoms with van der Waals surface area (Å²) >= 11 is 1.70. The first kappa shape index (κ1) is 21.5. The van der Waals surface area contributed by atoms with Gasteiger partial charge in [-0.25, -0.2) is 4.98 Å². The lowest BCUT2D eigenvalue weighted by Crippen LogP contribution is -2.43. The fraction of sp³-hybridized carbons (Fsp3) is 0.429. The maximum absolute atomic E-state index is 14.1. The Morgan fingerprint density at radius 1 is 1.03 bits per heavy atom. The highest BCUT2D eigenvalue weighted by Crippen LogP contribution is 2.48. The van der Waals surface area contributed by atoms with Gasteiger partial charge in [0.1, 0.15) is 0 Å².